The molecule has 0 saturated carbocycles. The van der Waals surface area contributed by atoms with Gasteiger partial charge < -0.3 is 20.2 Å². The van der Waals surface area contributed by atoms with Gasteiger partial charge in [0.15, 0.2) is 0 Å². The van der Waals surface area contributed by atoms with Crippen LogP contribution in [-0.4, -0.2) is 86.3 Å². The Labute approximate surface area is 270 Å². The second-order valence-corrected chi connectivity index (χ2v) is 11.2. The molecule has 2 aliphatic rings. The lowest BCUT2D eigenvalue weighted by atomic mass is 9.85. The van der Waals surface area contributed by atoms with Crippen molar-refractivity contribution in [2.45, 2.75) is 50.4 Å². The number of carboxylic acid groups (broad SMARTS) is 3. The summed E-state index contributed by atoms with van der Waals surface area (Å²) in [5.41, 5.74) is 7.27. The number of pyridine rings is 1. The van der Waals surface area contributed by atoms with Gasteiger partial charge in [0.25, 0.3) is 0 Å². The predicted molar refractivity (Wildman–Crippen MR) is 151 cm³/mol. The number of alkyl halides is 9. The van der Waals surface area contributed by atoms with Crippen molar-refractivity contribution in [1.29, 1.82) is 0 Å². The van der Waals surface area contributed by atoms with E-state index in [1.165, 1.54) is 33.9 Å². The summed E-state index contributed by atoms with van der Waals surface area (Å²) in [5, 5.41) is 21.4. The summed E-state index contributed by atoms with van der Waals surface area (Å²) in [6, 6.07) is 15.1. The molecule has 0 radical (unpaired) electrons. The second kappa shape index (κ2) is 16.1. The van der Waals surface area contributed by atoms with E-state index in [0.29, 0.717) is 0 Å². The van der Waals surface area contributed by atoms with Crippen LogP contribution in [0.2, 0.25) is 0 Å². The van der Waals surface area contributed by atoms with Crippen molar-refractivity contribution in [3.8, 4) is 0 Å². The molecule has 2 aromatic heterocycles. The fraction of sp³-hybridized carbons (Fsp3) is 0.393. The van der Waals surface area contributed by atoms with Crippen molar-refractivity contribution in [2.75, 3.05) is 24.5 Å². The molecular weight excluding hydrogens is 691 g/mol. The molecule has 5 rings (SSSR count). The molecule has 264 valence electrons. The van der Waals surface area contributed by atoms with Crippen LogP contribution in [0, 0.1) is 6.92 Å². The first-order chi connectivity index (χ1) is 22.1. The van der Waals surface area contributed by atoms with Gasteiger partial charge in [-0.2, -0.15) is 39.5 Å². The summed E-state index contributed by atoms with van der Waals surface area (Å²) in [6.45, 7) is 7.36. The van der Waals surface area contributed by atoms with Crippen LogP contribution in [0.4, 0.5) is 45.2 Å². The van der Waals surface area contributed by atoms with Crippen molar-refractivity contribution in [3.05, 3.63) is 76.0 Å². The van der Waals surface area contributed by atoms with Gasteiger partial charge in [-0.25, -0.2) is 19.4 Å². The lowest BCUT2D eigenvalue weighted by Crippen LogP contribution is -2.36. The maximum absolute atomic E-state index is 10.6. The minimum absolute atomic E-state index is 0.157. The molecule has 0 bridgehead atoms. The van der Waals surface area contributed by atoms with E-state index in [-0.39, 0.29) is 5.41 Å². The highest BCUT2D eigenvalue weighted by molar-refractivity contribution is 7.09. The Kier molecular flexibility index (Phi) is 13.3. The van der Waals surface area contributed by atoms with Gasteiger partial charge in [0.1, 0.15) is 0 Å². The van der Waals surface area contributed by atoms with Crippen molar-refractivity contribution < 1.29 is 69.2 Å². The van der Waals surface area contributed by atoms with Gasteiger partial charge in [0, 0.05) is 42.7 Å². The van der Waals surface area contributed by atoms with E-state index in [1.54, 1.807) is 11.3 Å². The molecule has 1 aromatic carbocycles. The van der Waals surface area contributed by atoms with E-state index in [4.69, 9.17) is 34.7 Å². The highest BCUT2D eigenvalue weighted by atomic mass is 32.1. The lowest BCUT2D eigenvalue weighted by Gasteiger charge is -2.26. The summed E-state index contributed by atoms with van der Waals surface area (Å²) in [4.78, 5) is 42.5. The molecule has 0 aliphatic carbocycles. The molecule has 20 heteroatoms. The first-order valence-electron chi connectivity index (χ1n) is 13.3. The Morgan fingerprint density at radius 1 is 0.792 bits per heavy atom. The molecule has 1 fully saturated rings. The third-order valence-electron chi connectivity index (χ3n) is 6.71. The van der Waals surface area contributed by atoms with Crippen LogP contribution in [0.25, 0.3) is 0 Å². The second-order valence-electron chi connectivity index (χ2n) is 10.2. The van der Waals surface area contributed by atoms with Crippen LogP contribution in [0.15, 0.2) is 54.2 Å². The number of aromatic nitrogens is 2. The van der Waals surface area contributed by atoms with Crippen molar-refractivity contribution in [3.63, 3.8) is 0 Å². The number of hydrogen-bond acceptors (Lipinski definition) is 8. The molecular formula is C28H27F9N4O6S. The summed E-state index contributed by atoms with van der Waals surface area (Å²) in [6.07, 6.45) is -12.1. The molecule has 4 heterocycles. The Morgan fingerprint density at radius 2 is 1.31 bits per heavy atom. The quantitative estimate of drug-likeness (QED) is 0.279. The molecule has 1 saturated heterocycles. The predicted octanol–water partition coefficient (Wildman–Crippen LogP) is 5.91. The SMILES string of the molecule is Cc1ncsc1CN1CCC2(C1)CN(Cc1ccccc1)c1cccnc12.O=C(O)C(F)(F)F.O=C(O)C(F)(F)F.O=C(O)C(F)(F)F. The summed E-state index contributed by atoms with van der Waals surface area (Å²) in [5.74, 6) is -8.27. The molecule has 10 nitrogen and oxygen atoms in total. The highest BCUT2D eigenvalue weighted by Gasteiger charge is 2.48. The monoisotopic (exact) mass is 718 g/mol. The zero-order valence-electron chi connectivity index (χ0n) is 24.6. The molecule has 48 heavy (non-hydrogen) atoms. The molecule has 1 spiro atoms. The van der Waals surface area contributed by atoms with Gasteiger partial charge in [-0.15, -0.1) is 11.3 Å². The van der Waals surface area contributed by atoms with Crippen LogP contribution < -0.4 is 4.90 Å². The largest absolute Gasteiger partial charge is 0.490 e. The first kappa shape index (κ1) is 39.7. The maximum atomic E-state index is 10.6. The first-order valence-corrected chi connectivity index (χ1v) is 14.2. The third kappa shape index (κ3) is 11.7. The van der Waals surface area contributed by atoms with Gasteiger partial charge in [-0.05, 0) is 37.6 Å². The number of aliphatic carboxylic acids is 3. The lowest BCUT2D eigenvalue weighted by molar-refractivity contribution is -0.193. The minimum atomic E-state index is -5.08. The summed E-state index contributed by atoms with van der Waals surface area (Å²) < 4.78 is 95.2. The Balaban J connectivity index is 0.000000313. The molecule has 0 amide bonds. The number of thiazole rings is 1. The van der Waals surface area contributed by atoms with E-state index >= 15 is 0 Å². The van der Waals surface area contributed by atoms with Crippen molar-refractivity contribution in [2.24, 2.45) is 0 Å². The average Bonchev–Trinajstić information content (AvgIpc) is 3.67. The molecule has 1 unspecified atom stereocenters. The van der Waals surface area contributed by atoms with E-state index in [2.05, 4.69) is 64.2 Å². The number of fused-ring (bicyclic) bond motifs is 2. The minimum Gasteiger partial charge on any atom is -0.475 e. The Hall–Kier alpha value is -4.46. The highest BCUT2D eigenvalue weighted by Crippen LogP contribution is 2.46. The maximum Gasteiger partial charge on any atom is 0.490 e. The van der Waals surface area contributed by atoms with Crippen LogP contribution in [0.3, 0.4) is 0 Å². The Bertz CT molecular complexity index is 1480. The number of likely N-dealkylation sites (tertiary alicyclic amines) is 1. The molecule has 1 atom stereocenters. The number of aryl methyl sites for hydroxylation is 1. The molecule has 2 aliphatic heterocycles. The van der Waals surface area contributed by atoms with Crippen LogP contribution >= 0.6 is 11.3 Å². The molecule has 3 aromatic rings. The number of nitrogens with zero attached hydrogens (tertiary/aromatic N) is 4. The van der Waals surface area contributed by atoms with Gasteiger partial charge in [0.05, 0.1) is 22.6 Å². The number of carbonyl (C=O) groups is 3. The number of hydrogen-bond donors (Lipinski definition) is 3. The summed E-state index contributed by atoms with van der Waals surface area (Å²) >= 11 is 1.78. The van der Waals surface area contributed by atoms with Gasteiger partial charge in [-0.3, -0.25) is 9.88 Å². The zero-order chi connectivity index (χ0) is 36.5. The van der Waals surface area contributed by atoms with Crippen molar-refractivity contribution in [1.82, 2.24) is 14.9 Å². The number of benzene rings is 1. The van der Waals surface area contributed by atoms with Crippen LogP contribution in [-0.2, 0) is 32.9 Å². The summed E-state index contributed by atoms with van der Waals surface area (Å²) in [7, 11) is 0. The average molecular weight is 719 g/mol. The standard InChI is InChI=1S/C22H24N4S.3C2HF3O2/c1-17-20(27-16-24-17)13-25-11-9-22(14-25)15-26(12-18-6-3-2-4-7-18)19-8-5-10-23-21(19)22;3*3-2(4,5)1(6)7/h2-8,10,16H,9,11-15H2,1H3;3*(H,6,7). The Morgan fingerprint density at radius 3 is 1.77 bits per heavy atom. The normalized spacial score (nSPS) is 17.2. The third-order valence-corrected chi connectivity index (χ3v) is 7.63. The van der Waals surface area contributed by atoms with Gasteiger partial charge in [0.2, 0.25) is 0 Å². The number of rotatable bonds is 4. The number of halogens is 9. The number of anilines is 1. The molecule has 3 N–H and O–H groups in total. The van der Waals surface area contributed by atoms with Crippen LogP contribution in [0.5, 0.6) is 0 Å². The van der Waals surface area contributed by atoms with Gasteiger partial charge >= 0.3 is 36.4 Å². The number of carboxylic acids is 3. The topological polar surface area (TPSA) is 144 Å². The fourth-order valence-corrected chi connectivity index (χ4v) is 5.45. The van der Waals surface area contributed by atoms with Crippen molar-refractivity contribution >= 4 is 34.9 Å². The zero-order valence-corrected chi connectivity index (χ0v) is 25.4. The van der Waals surface area contributed by atoms with Gasteiger partial charge in [-0.1, -0.05) is 30.3 Å². The smallest absolute Gasteiger partial charge is 0.475 e. The van der Waals surface area contributed by atoms with E-state index in [1.807, 2.05) is 11.7 Å². The fourth-order valence-electron chi connectivity index (χ4n) is 4.63. The van der Waals surface area contributed by atoms with E-state index in [0.717, 1.165) is 32.7 Å². The van der Waals surface area contributed by atoms with Crippen LogP contribution in [0.1, 0.15) is 28.2 Å². The van der Waals surface area contributed by atoms with E-state index in [9.17, 15) is 39.5 Å². The van der Waals surface area contributed by atoms with E-state index < -0.39 is 36.4 Å².